The average molecular weight is 145 g/mol. The number of hydrogen-bond donors (Lipinski definition) is 1. The Morgan fingerprint density at radius 2 is 2.10 bits per heavy atom. The molecule has 1 saturated carbocycles. The van der Waals surface area contributed by atoms with E-state index in [0.717, 1.165) is 0 Å². The lowest BCUT2D eigenvalue weighted by molar-refractivity contribution is -0.123. The van der Waals surface area contributed by atoms with Gasteiger partial charge in [-0.3, -0.25) is 4.79 Å². The Labute approximate surface area is 67.6 Å². The molecule has 2 nitrogen and oxygen atoms in total. The molecule has 0 aromatic rings. The van der Waals surface area contributed by atoms with Gasteiger partial charge in [0.15, 0.2) is 0 Å². The fourth-order valence-corrected chi connectivity index (χ4v) is 0.615. The zero-order valence-electron chi connectivity index (χ0n) is 10.5. The van der Waals surface area contributed by atoms with Gasteiger partial charge in [-0.15, -0.1) is 0 Å². The van der Waals surface area contributed by atoms with E-state index in [1.54, 1.807) is 20.8 Å². The molecule has 0 atom stereocenters. The van der Waals surface area contributed by atoms with Crippen LogP contribution < -0.4 is 5.32 Å². The van der Waals surface area contributed by atoms with E-state index in [0.29, 0.717) is 0 Å². The highest BCUT2D eigenvalue weighted by Gasteiger charge is 2.31. The number of carbonyl (C=O) groups is 1. The monoisotopic (exact) mass is 145 g/mol. The van der Waals surface area contributed by atoms with Crippen molar-refractivity contribution in [1.29, 1.82) is 0 Å². The topological polar surface area (TPSA) is 29.1 Å². The van der Waals surface area contributed by atoms with Gasteiger partial charge in [0.2, 0.25) is 5.91 Å². The highest BCUT2D eigenvalue weighted by molar-refractivity contribution is 5.81. The Balaban J connectivity index is 2.68. The van der Waals surface area contributed by atoms with E-state index < -0.39 is 30.1 Å². The van der Waals surface area contributed by atoms with Crippen molar-refractivity contribution in [2.75, 3.05) is 0 Å². The van der Waals surface area contributed by atoms with Crippen LogP contribution in [0, 0.1) is 5.92 Å². The largest absolute Gasteiger partial charge is 0.351 e. The summed E-state index contributed by atoms with van der Waals surface area (Å²) in [5, 5.41) is 2.57. The van der Waals surface area contributed by atoms with Crippen LogP contribution in [-0.2, 0) is 4.79 Å². The first-order chi connectivity index (χ1) is 6.00. The number of amides is 1. The van der Waals surface area contributed by atoms with Crippen LogP contribution in [0.5, 0.6) is 0 Å². The molecular formula is C8H15NO. The van der Waals surface area contributed by atoms with Crippen LogP contribution in [0.25, 0.3) is 0 Å². The first-order valence-corrected chi connectivity index (χ1v) is 3.32. The molecule has 1 N–H and O–H groups in total. The minimum atomic E-state index is -2.03. The van der Waals surface area contributed by atoms with Gasteiger partial charge in [0.1, 0.15) is 0 Å². The molecular weight excluding hydrogens is 126 g/mol. The fraction of sp³-hybridized carbons (Fsp3) is 0.875. The van der Waals surface area contributed by atoms with E-state index in [1.807, 2.05) is 0 Å². The third-order valence-electron chi connectivity index (χ3n) is 1.05. The lowest BCUT2D eigenvalue weighted by Gasteiger charge is -2.20. The molecule has 0 unspecified atom stereocenters. The van der Waals surface area contributed by atoms with Gasteiger partial charge in [0, 0.05) is 16.9 Å². The van der Waals surface area contributed by atoms with Crippen molar-refractivity contribution in [2.24, 2.45) is 5.92 Å². The highest BCUT2D eigenvalue weighted by Crippen LogP contribution is 2.29. The molecule has 10 heavy (non-hydrogen) atoms. The van der Waals surface area contributed by atoms with E-state index in [2.05, 4.69) is 5.32 Å². The highest BCUT2D eigenvalue weighted by atomic mass is 16.2. The van der Waals surface area contributed by atoms with Crippen LogP contribution in [0.1, 0.15) is 39.0 Å². The summed E-state index contributed by atoms with van der Waals surface area (Å²) in [6.07, 6.45) is -4.05. The number of nitrogens with one attached hydrogen (secondary N) is 1. The summed E-state index contributed by atoms with van der Waals surface area (Å²) >= 11 is 0. The fourth-order valence-electron chi connectivity index (χ4n) is 0.615. The van der Waals surface area contributed by atoms with Crippen molar-refractivity contribution >= 4 is 5.91 Å². The van der Waals surface area contributed by atoms with Crippen LogP contribution >= 0.6 is 0 Å². The van der Waals surface area contributed by atoms with Crippen molar-refractivity contribution in [1.82, 2.24) is 5.32 Å². The summed E-state index contributed by atoms with van der Waals surface area (Å²) in [6.45, 7) is 5.33. The summed E-state index contributed by atoms with van der Waals surface area (Å²) in [4.78, 5) is 11.5. The summed E-state index contributed by atoms with van der Waals surface area (Å²) in [5.74, 6) is -1.72. The van der Waals surface area contributed by atoms with Crippen molar-refractivity contribution in [3.05, 3.63) is 0 Å². The predicted molar refractivity (Wildman–Crippen MR) is 40.6 cm³/mol. The van der Waals surface area contributed by atoms with Gasteiger partial charge in [-0.2, -0.15) is 0 Å². The minimum Gasteiger partial charge on any atom is -0.351 e. The Hall–Kier alpha value is -0.530. The van der Waals surface area contributed by atoms with Crippen molar-refractivity contribution < 1.29 is 10.3 Å². The minimum absolute atomic E-state index is 0.453. The lowest BCUT2D eigenvalue weighted by Crippen LogP contribution is -2.41. The number of carbonyl (C=O) groups excluding carboxylic acids is 1. The van der Waals surface area contributed by atoms with Crippen LogP contribution in [0.15, 0.2) is 0 Å². The molecule has 0 aromatic heterocycles. The van der Waals surface area contributed by atoms with Crippen LogP contribution in [0.2, 0.25) is 0 Å². The molecule has 0 spiro atoms. The molecule has 0 aromatic carbocycles. The second kappa shape index (κ2) is 2.26. The van der Waals surface area contributed by atoms with E-state index in [4.69, 9.17) is 5.48 Å². The maximum Gasteiger partial charge on any atom is 0.223 e. The molecule has 0 aliphatic heterocycles. The van der Waals surface area contributed by atoms with E-state index in [9.17, 15) is 4.79 Å². The molecule has 0 radical (unpaired) electrons. The molecule has 1 aliphatic rings. The molecule has 58 valence electrons. The van der Waals surface area contributed by atoms with E-state index >= 15 is 0 Å². The molecule has 1 fully saturated rings. The quantitative estimate of drug-likeness (QED) is 0.592. The lowest BCUT2D eigenvalue weighted by atomic mass is 10.1. The third-order valence-corrected chi connectivity index (χ3v) is 1.05. The zero-order valence-corrected chi connectivity index (χ0v) is 6.49. The van der Waals surface area contributed by atoms with Gasteiger partial charge in [-0.25, -0.2) is 0 Å². The van der Waals surface area contributed by atoms with Crippen LogP contribution in [-0.4, -0.2) is 11.4 Å². The molecule has 0 saturated heterocycles. The van der Waals surface area contributed by atoms with Crippen molar-refractivity contribution in [2.45, 2.75) is 39.1 Å². The van der Waals surface area contributed by atoms with Crippen molar-refractivity contribution in [3.63, 3.8) is 0 Å². The Morgan fingerprint density at radius 3 is 2.40 bits per heavy atom. The van der Waals surface area contributed by atoms with Gasteiger partial charge in [-0.1, -0.05) is 0 Å². The Kier molecular flexibility index (Phi) is 0.845. The summed E-state index contributed by atoms with van der Waals surface area (Å²) in [5.41, 5.74) is -0.453. The first-order valence-electron chi connectivity index (χ1n) is 5.32. The second-order valence-corrected chi connectivity index (χ2v) is 3.46. The summed E-state index contributed by atoms with van der Waals surface area (Å²) in [7, 11) is 0. The molecule has 1 rings (SSSR count). The maximum atomic E-state index is 11.5. The summed E-state index contributed by atoms with van der Waals surface area (Å²) in [6, 6.07) is 0. The van der Waals surface area contributed by atoms with E-state index in [1.165, 1.54) is 0 Å². The molecule has 2 heteroatoms. The van der Waals surface area contributed by atoms with E-state index in [-0.39, 0.29) is 0 Å². The van der Waals surface area contributed by atoms with Gasteiger partial charge in [-0.05, 0) is 33.5 Å². The Morgan fingerprint density at radius 1 is 1.60 bits per heavy atom. The van der Waals surface area contributed by atoms with Crippen LogP contribution in [0.4, 0.5) is 0 Å². The molecule has 0 heterocycles. The molecule has 0 bridgehead atoms. The van der Waals surface area contributed by atoms with Crippen LogP contribution in [0.3, 0.4) is 0 Å². The molecule has 1 amide bonds. The van der Waals surface area contributed by atoms with Gasteiger partial charge >= 0.3 is 0 Å². The smallest absolute Gasteiger partial charge is 0.223 e. The predicted octanol–water partition coefficient (Wildman–Crippen LogP) is 1.31. The second-order valence-electron chi connectivity index (χ2n) is 3.46. The number of rotatable bonds is 1. The first kappa shape index (κ1) is 3.74. The summed E-state index contributed by atoms with van der Waals surface area (Å²) < 4.78 is 29.1. The third kappa shape index (κ3) is 2.38. The van der Waals surface area contributed by atoms with Gasteiger partial charge in [0.25, 0.3) is 0 Å². The Bertz CT molecular complexity index is 255. The SMILES string of the molecule is [2H]C1([2H])C(C(=O)NC(C)(C)C)C1([2H])[2H]. The standard InChI is InChI=1S/C8H15NO/c1-8(2,3)9-7(10)6-4-5-6/h6H,4-5H2,1-3H3,(H,9,10)/i4D2,5D2. The number of hydrogen-bond acceptors (Lipinski definition) is 1. The van der Waals surface area contributed by atoms with Crippen molar-refractivity contribution in [3.8, 4) is 0 Å². The average Bonchev–Trinajstić information content (AvgIpc) is 2.17. The van der Waals surface area contributed by atoms with Gasteiger partial charge < -0.3 is 5.32 Å². The maximum absolute atomic E-state index is 11.5. The zero-order chi connectivity index (χ0) is 11.4. The molecule has 1 aliphatic carbocycles. The normalized spacial score (nSPS) is 34.7. The van der Waals surface area contributed by atoms with Gasteiger partial charge in [0.05, 0.1) is 0 Å².